The number of fused-ring (bicyclic) bond motifs is 6. The molecule has 2 atom stereocenters. The van der Waals surface area contributed by atoms with Gasteiger partial charge >= 0.3 is 11.6 Å². The van der Waals surface area contributed by atoms with Crippen LogP contribution in [0.1, 0.15) is 40.9 Å². The van der Waals surface area contributed by atoms with Crippen LogP contribution in [0, 0.1) is 0 Å². The van der Waals surface area contributed by atoms with Crippen LogP contribution in [0.2, 0.25) is 0 Å². The van der Waals surface area contributed by atoms with Crippen LogP contribution in [0.25, 0.3) is 16.5 Å². The first-order chi connectivity index (χ1) is 22.8. The molecule has 0 spiro atoms. The number of ketones is 1. The van der Waals surface area contributed by atoms with E-state index in [1.54, 1.807) is 36.4 Å². The Morgan fingerprint density at radius 1 is 0.938 bits per heavy atom. The van der Waals surface area contributed by atoms with Crippen LogP contribution in [0.4, 0.5) is 0 Å². The number of allylic oxidation sites excluding steroid dienone is 2. The highest BCUT2D eigenvalue weighted by Gasteiger charge is 2.48. The number of hydrogen-bond acceptors (Lipinski definition) is 11. The largest absolute Gasteiger partial charge is 0.504 e. The van der Waals surface area contributed by atoms with Gasteiger partial charge in [0, 0.05) is 41.5 Å². The molecule has 8 rings (SSSR count). The van der Waals surface area contributed by atoms with Gasteiger partial charge in [-0.1, -0.05) is 18.2 Å². The number of carbonyl (C=O) groups is 2. The number of phenolic OH excluding ortho intramolecular Hbond substituents is 2. The van der Waals surface area contributed by atoms with Crippen molar-refractivity contribution in [1.82, 2.24) is 0 Å². The maximum absolute atomic E-state index is 12.4. The minimum absolute atomic E-state index is 0.0348. The van der Waals surface area contributed by atoms with E-state index >= 15 is 0 Å². The van der Waals surface area contributed by atoms with Crippen LogP contribution < -0.4 is 10.4 Å². The third kappa shape index (κ3) is 5.27. The zero-order chi connectivity index (χ0) is 34.0. The van der Waals surface area contributed by atoms with Gasteiger partial charge < -0.3 is 39.1 Å². The number of esters is 1. The van der Waals surface area contributed by atoms with Gasteiger partial charge in [-0.15, -0.1) is 0 Å². The summed E-state index contributed by atoms with van der Waals surface area (Å²) in [6.45, 7) is 3.55. The summed E-state index contributed by atoms with van der Waals surface area (Å²) in [5.74, 6) is -1.31. The number of ether oxygens (including phenoxy) is 3. The van der Waals surface area contributed by atoms with Gasteiger partial charge in [-0.05, 0) is 79.1 Å². The van der Waals surface area contributed by atoms with E-state index in [4.69, 9.17) is 18.6 Å². The Hall–Kier alpha value is -5.81. The summed E-state index contributed by atoms with van der Waals surface area (Å²) in [6, 6.07) is 18.4. The Morgan fingerprint density at radius 2 is 1.69 bits per heavy atom. The third-order valence-electron chi connectivity index (χ3n) is 8.85. The van der Waals surface area contributed by atoms with Gasteiger partial charge in [-0.25, -0.2) is 9.59 Å². The van der Waals surface area contributed by atoms with Crippen molar-refractivity contribution in [1.29, 1.82) is 0 Å². The maximum Gasteiger partial charge on any atom is 0.338 e. The minimum atomic E-state index is -1.33. The number of aromatic hydroxyl groups is 2. The highest BCUT2D eigenvalue weighted by Crippen LogP contribution is 2.50. The summed E-state index contributed by atoms with van der Waals surface area (Å²) in [7, 11) is 0. The highest BCUT2D eigenvalue weighted by atomic mass is 16.6. The van der Waals surface area contributed by atoms with Crippen molar-refractivity contribution in [2.75, 3.05) is 6.61 Å². The van der Waals surface area contributed by atoms with Gasteiger partial charge in [0.15, 0.2) is 17.3 Å². The first-order valence-electron chi connectivity index (χ1n) is 15.2. The molecule has 3 aromatic carbocycles. The normalized spacial score (nSPS) is 20.6. The number of aliphatic hydroxyl groups is 2. The van der Waals surface area contributed by atoms with Crippen molar-refractivity contribution in [2.45, 2.75) is 44.0 Å². The van der Waals surface area contributed by atoms with Crippen molar-refractivity contribution in [3.63, 3.8) is 0 Å². The Bertz CT molecular complexity index is 2170. The van der Waals surface area contributed by atoms with E-state index in [9.17, 15) is 34.8 Å². The predicted octanol–water partition coefficient (Wildman–Crippen LogP) is 4.81. The molecule has 48 heavy (non-hydrogen) atoms. The molecule has 0 amide bonds. The van der Waals surface area contributed by atoms with Crippen LogP contribution in [-0.2, 0) is 27.1 Å². The molecule has 0 saturated heterocycles. The van der Waals surface area contributed by atoms with Crippen LogP contribution >= 0.6 is 0 Å². The number of phenols is 2. The Kier molecular flexibility index (Phi) is 7.17. The van der Waals surface area contributed by atoms with Crippen LogP contribution in [0.5, 0.6) is 17.2 Å². The summed E-state index contributed by atoms with van der Waals surface area (Å²) in [5.41, 5.74) is 1.56. The van der Waals surface area contributed by atoms with Gasteiger partial charge in [0.25, 0.3) is 0 Å². The molecule has 0 radical (unpaired) electrons. The molecular weight excluding hydrogens is 620 g/mol. The monoisotopic (exact) mass is 650 g/mol. The fourth-order valence-electron chi connectivity index (χ4n) is 6.39. The Balaban J connectivity index is 0.000000154. The second-order valence-electron chi connectivity index (χ2n) is 12.6. The molecule has 4 aromatic rings. The van der Waals surface area contributed by atoms with Crippen molar-refractivity contribution in [3.8, 4) is 17.2 Å². The van der Waals surface area contributed by atoms with Crippen molar-refractivity contribution in [2.24, 2.45) is 0 Å². The smallest absolute Gasteiger partial charge is 0.338 e. The zero-order valence-electron chi connectivity index (χ0n) is 25.9. The highest BCUT2D eigenvalue weighted by molar-refractivity contribution is 6.06. The number of carbonyl (C=O) groups excluding carboxylic acids is 2. The lowest BCUT2D eigenvalue weighted by atomic mass is 9.85. The molecule has 1 aromatic heterocycles. The molecule has 11 nitrogen and oxygen atoms in total. The van der Waals surface area contributed by atoms with Crippen LogP contribution in [0.15, 0.2) is 105 Å². The quantitative estimate of drug-likeness (QED) is 0.136. The van der Waals surface area contributed by atoms with Gasteiger partial charge in [0.1, 0.15) is 35.2 Å². The second kappa shape index (κ2) is 11.2. The molecule has 11 heteroatoms. The van der Waals surface area contributed by atoms with E-state index < -0.39 is 28.4 Å². The first kappa shape index (κ1) is 30.8. The molecule has 2 aliphatic heterocycles. The van der Waals surface area contributed by atoms with Crippen molar-refractivity contribution in [3.05, 3.63) is 129 Å². The number of aliphatic hydroxyl groups excluding tert-OH is 1. The first-order valence-corrected chi connectivity index (χ1v) is 15.2. The van der Waals surface area contributed by atoms with Crippen LogP contribution in [0.3, 0.4) is 0 Å². The minimum Gasteiger partial charge on any atom is -0.504 e. The van der Waals surface area contributed by atoms with Gasteiger partial charge in [0.2, 0.25) is 11.5 Å². The summed E-state index contributed by atoms with van der Waals surface area (Å²) in [5, 5.41) is 40.9. The second-order valence-corrected chi connectivity index (χ2v) is 12.6. The van der Waals surface area contributed by atoms with E-state index in [1.165, 1.54) is 30.4 Å². The molecule has 0 saturated carbocycles. The lowest BCUT2D eigenvalue weighted by Crippen LogP contribution is -2.43. The van der Waals surface area contributed by atoms with E-state index in [0.717, 1.165) is 10.9 Å². The van der Waals surface area contributed by atoms with E-state index in [1.807, 2.05) is 26.0 Å². The van der Waals surface area contributed by atoms with Crippen molar-refractivity contribution < 1.29 is 48.6 Å². The molecule has 3 heterocycles. The summed E-state index contributed by atoms with van der Waals surface area (Å²) >= 11 is 0. The summed E-state index contributed by atoms with van der Waals surface area (Å²) < 4.78 is 22.3. The molecule has 244 valence electrons. The number of rotatable bonds is 3. The average Bonchev–Trinajstić information content (AvgIpc) is 3.60. The number of hydrogen-bond donors (Lipinski definition) is 4. The molecule has 2 unspecified atom stereocenters. The fraction of sp³-hybridized carbons (Fsp3) is 0.216. The Morgan fingerprint density at radius 3 is 2.46 bits per heavy atom. The lowest BCUT2D eigenvalue weighted by Gasteiger charge is -2.33. The average molecular weight is 651 g/mol. The maximum atomic E-state index is 12.4. The topological polar surface area (TPSA) is 173 Å². The van der Waals surface area contributed by atoms with Gasteiger partial charge in [-0.3, -0.25) is 4.79 Å². The summed E-state index contributed by atoms with van der Waals surface area (Å²) in [4.78, 5) is 35.3. The molecule has 4 aliphatic rings. The van der Waals surface area contributed by atoms with Crippen LogP contribution in [-0.4, -0.2) is 56.1 Å². The predicted molar refractivity (Wildman–Crippen MR) is 172 cm³/mol. The Labute approximate surface area is 273 Å². The molecule has 2 aliphatic carbocycles. The van der Waals surface area contributed by atoms with Gasteiger partial charge in [0.05, 0.1) is 5.56 Å². The molecule has 4 N–H and O–H groups in total. The van der Waals surface area contributed by atoms with E-state index in [2.05, 4.69) is 0 Å². The summed E-state index contributed by atoms with van der Waals surface area (Å²) in [6.07, 6.45) is 3.18. The lowest BCUT2D eigenvalue weighted by molar-refractivity contribution is -0.114. The SMILES string of the molecule is CC(C)(OC(=O)c1ccccc1)C1Cc2cc3ccc(=O)oc3cc2O1.O=C1C=CC2=C3c4cc(O)c(O)cc4CC3(O)COC2=C1O. The van der Waals surface area contributed by atoms with Gasteiger partial charge in [-0.2, -0.15) is 0 Å². The van der Waals surface area contributed by atoms with Crippen molar-refractivity contribution >= 4 is 28.3 Å². The third-order valence-corrected chi connectivity index (χ3v) is 8.85. The molecule has 0 fully saturated rings. The molecular formula is C37H30O11. The standard InChI is InChI=1S/C21H18O5.C16H12O6/c1-21(2,26-20(23)13-6-4-3-5-7-13)18-11-15-10-14-8-9-19(22)25-16(14)12-17(15)24-18;17-10-2-1-8-13-9-4-12(19)11(18)3-7(9)5-16(13,21)6-22-15(8)14(10)20/h3-10,12,18H,11H2,1-2H3;1-4,18-21H,5-6H2. The number of benzene rings is 3. The zero-order valence-corrected chi connectivity index (χ0v) is 25.9. The molecule has 0 bridgehead atoms. The fourth-order valence-corrected chi connectivity index (χ4v) is 6.39. The van der Waals surface area contributed by atoms with E-state index in [0.29, 0.717) is 45.6 Å². The van der Waals surface area contributed by atoms with E-state index in [-0.39, 0.29) is 42.4 Å².